The van der Waals surface area contributed by atoms with Gasteiger partial charge in [0.1, 0.15) is 11.5 Å². The highest BCUT2D eigenvalue weighted by atomic mass is 32.2. The number of anilines is 1. The van der Waals surface area contributed by atoms with Crippen LogP contribution in [0.1, 0.15) is 6.42 Å². The molecular formula is C19H21NO6S. The van der Waals surface area contributed by atoms with Crippen LogP contribution in [0.2, 0.25) is 0 Å². The van der Waals surface area contributed by atoms with Crippen LogP contribution in [-0.4, -0.2) is 40.1 Å². The van der Waals surface area contributed by atoms with E-state index in [1.807, 2.05) is 0 Å². The van der Waals surface area contributed by atoms with Crippen molar-refractivity contribution in [1.82, 2.24) is 0 Å². The summed E-state index contributed by atoms with van der Waals surface area (Å²) >= 11 is 0. The molecule has 2 aromatic rings. The van der Waals surface area contributed by atoms with Gasteiger partial charge in [-0.05, 0) is 42.8 Å². The lowest BCUT2D eigenvalue weighted by atomic mass is 10.1. The van der Waals surface area contributed by atoms with Crippen molar-refractivity contribution in [2.24, 2.45) is 5.92 Å². The maximum absolute atomic E-state index is 12.3. The predicted octanol–water partition coefficient (Wildman–Crippen LogP) is 2.87. The van der Waals surface area contributed by atoms with Crippen LogP contribution in [0.5, 0.6) is 23.0 Å². The van der Waals surface area contributed by atoms with Crippen molar-refractivity contribution in [3.05, 3.63) is 42.5 Å². The van der Waals surface area contributed by atoms with Gasteiger partial charge >= 0.3 is 0 Å². The number of carbonyl (C=O) groups is 1. The predicted molar refractivity (Wildman–Crippen MR) is 101 cm³/mol. The second-order valence-corrected chi connectivity index (χ2v) is 8.46. The quantitative estimate of drug-likeness (QED) is 0.814. The molecule has 144 valence electrons. The smallest absolute Gasteiger partial charge is 0.228 e. The van der Waals surface area contributed by atoms with Crippen LogP contribution >= 0.6 is 0 Å². The average Bonchev–Trinajstić information content (AvgIpc) is 3.03. The molecule has 0 aromatic heterocycles. The van der Waals surface area contributed by atoms with Crippen LogP contribution in [-0.2, 0) is 14.6 Å². The molecule has 1 fully saturated rings. The first kappa shape index (κ1) is 19.0. The largest absolute Gasteiger partial charge is 0.497 e. The summed E-state index contributed by atoms with van der Waals surface area (Å²) in [6.45, 7) is 0. The van der Waals surface area contributed by atoms with Gasteiger partial charge < -0.3 is 19.5 Å². The van der Waals surface area contributed by atoms with E-state index in [1.165, 1.54) is 7.11 Å². The Bertz CT molecular complexity index is 924. The van der Waals surface area contributed by atoms with Crippen molar-refractivity contribution in [1.29, 1.82) is 0 Å². The minimum Gasteiger partial charge on any atom is -0.497 e. The molecule has 3 rings (SSSR count). The first-order valence-electron chi connectivity index (χ1n) is 8.41. The Balaban J connectivity index is 1.75. The van der Waals surface area contributed by atoms with Gasteiger partial charge in [0.2, 0.25) is 5.91 Å². The molecular weight excluding hydrogens is 370 g/mol. The second-order valence-electron chi connectivity index (χ2n) is 6.23. The van der Waals surface area contributed by atoms with E-state index >= 15 is 0 Å². The van der Waals surface area contributed by atoms with Crippen LogP contribution in [0.15, 0.2) is 42.5 Å². The molecule has 1 N–H and O–H groups in total. The van der Waals surface area contributed by atoms with Crippen molar-refractivity contribution in [2.45, 2.75) is 6.42 Å². The number of hydrogen-bond donors (Lipinski definition) is 1. The second kappa shape index (κ2) is 7.87. The lowest BCUT2D eigenvalue weighted by Gasteiger charge is -2.14. The third kappa shape index (κ3) is 4.71. The summed E-state index contributed by atoms with van der Waals surface area (Å²) in [6.07, 6.45) is 0.347. The summed E-state index contributed by atoms with van der Waals surface area (Å²) in [5.74, 6) is 1.34. The third-order valence-electron chi connectivity index (χ3n) is 4.32. The fourth-order valence-corrected chi connectivity index (χ4v) is 4.59. The Labute approximate surface area is 158 Å². The van der Waals surface area contributed by atoms with E-state index in [2.05, 4.69) is 5.32 Å². The van der Waals surface area contributed by atoms with E-state index in [4.69, 9.17) is 14.2 Å². The molecule has 1 aliphatic rings. The fraction of sp³-hybridized carbons (Fsp3) is 0.316. The van der Waals surface area contributed by atoms with Crippen LogP contribution < -0.4 is 19.5 Å². The molecule has 0 aliphatic carbocycles. The Kier molecular flexibility index (Phi) is 5.55. The van der Waals surface area contributed by atoms with Gasteiger partial charge in [0.25, 0.3) is 0 Å². The van der Waals surface area contributed by atoms with Gasteiger partial charge in [-0.15, -0.1) is 0 Å². The van der Waals surface area contributed by atoms with Gasteiger partial charge in [-0.3, -0.25) is 4.79 Å². The maximum Gasteiger partial charge on any atom is 0.228 e. The van der Waals surface area contributed by atoms with Crippen molar-refractivity contribution < 1.29 is 27.4 Å². The summed E-state index contributed by atoms with van der Waals surface area (Å²) in [4.78, 5) is 12.3. The fourth-order valence-electron chi connectivity index (χ4n) is 2.85. The molecule has 0 radical (unpaired) electrons. The third-order valence-corrected chi connectivity index (χ3v) is 6.09. The molecule has 27 heavy (non-hydrogen) atoms. The van der Waals surface area contributed by atoms with Gasteiger partial charge in [-0.1, -0.05) is 0 Å². The Morgan fingerprint density at radius 2 is 1.70 bits per heavy atom. The zero-order valence-electron chi connectivity index (χ0n) is 15.1. The Morgan fingerprint density at radius 1 is 1.00 bits per heavy atom. The normalized spacial score (nSPS) is 17.9. The molecule has 8 heteroatoms. The summed E-state index contributed by atoms with van der Waals surface area (Å²) < 4.78 is 39.4. The lowest BCUT2D eigenvalue weighted by molar-refractivity contribution is -0.119. The number of methoxy groups -OCH3 is 2. The van der Waals surface area contributed by atoms with Crippen molar-refractivity contribution in [2.75, 3.05) is 31.0 Å². The van der Waals surface area contributed by atoms with E-state index < -0.39 is 15.8 Å². The number of rotatable bonds is 6. The first-order valence-corrected chi connectivity index (χ1v) is 10.2. The summed E-state index contributed by atoms with van der Waals surface area (Å²) in [5.41, 5.74) is 0.508. The number of sulfone groups is 1. The van der Waals surface area contributed by atoms with Gasteiger partial charge in [-0.2, -0.15) is 0 Å². The molecule has 7 nitrogen and oxygen atoms in total. The van der Waals surface area contributed by atoms with Crippen LogP contribution in [0.4, 0.5) is 5.69 Å². The number of amides is 1. The molecule has 0 unspecified atom stereocenters. The van der Waals surface area contributed by atoms with Gasteiger partial charge in [0.15, 0.2) is 21.3 Å². The van der Waals surface area contributed by atoms with Crippen molar-refractivity contribution in [3.63, 3.8) is 0 Å². The number of benzene rings is 2. The lowest BCUT2D eigenvalue weighted by Crippen LogP contribution is -2.23. The maximum atomic E-state index is 12.3. The molecule has 1 saturated heterocycles. The van der Waals surface area contributed by atoms with Gasteiger partial charge in [0, 0.05) is 11.8 Å². The number of carbonyl (C=O) groups excluding carboxylic acids is 1. The molecule has 1 amide bonds. The van der Waals surface area contributed by atoms with Crippen molar-refractivity contribution in [3.8, 4) is 23.0 Å². The molecule has 0 spiro atoms. The van der Waals surface area contributed by atoms with E-state index in [1.54, 1.807) is 49.6 Å². The van der Waals surface area contributed by atoms with Crippen molar-refractivity contribution >= 4 is 21.4 Å². The molecule has 0 saturated carbocycles. The minimum atomic E-state index is -3.11. The van der Waals surface area contributed by atoms with Crippen LogP contribution in [0.3, 0.4) is 0 Å². The Hall–Kier alpha value is -2.74. The SMILES string of the molecule is COc1ccc(Oc2cc(NC(=O)[C@@H]3CCS(=O)(=O)C3)ccc2OC)cc1. The highest BCUT2D eigenvalue weighted by Crippen LogP contribution is 2.35. The number of hydrogen-bond acceptors (Lipinski definition) is 6. The summed E-state index contributed by atoms with van der Waals surface area (Å²) in [7, 11) is -0.00423. The van der Waals surface area contributed by atoms with E-state index in [0.29, 0.717) is 35.1 Å². The van der Waals surface area contributed by atoms with Gasteiger partial charge in [-0.25, -0.2) is 8.42 Å². The van der Waals surface area contributed by atoms with E-state index in [9.17, 15) is 13.2 Å². The zero-order valence-corrected chi connectivity index (χ0v) is 15.9. The number of ether oxygens (including phenoxy) is 3. The van der Waals surface area contributed by atoms with E-state index in [-0.39, 0.29) is 17.4 Å². The highest BCUT2D eigenvalue weighted by molar-refractivity contribution is 7.91. The van der Waals surface area contributed by atoms with Gasteiger partial charge in [0.05, 0.1) is 31.6 Å². The highest BCUT2D eigenvalue weighted by Gasteiger charge is 2.33. The topological polar surface area (TPSA) is 90.9 Å². The van der Waals surface area contributed by atoms with E-state index in [0.717, 1.165) is 0 Å². The average molecular weight is 391 g/mol. The molecule has 1 aliphatic heterocycles. The molecule has 2 aromatic carbocycles. The standard InChI is InChI=1S/C19H21NO6S/c1-24-15-4-6-16(7-5-15)26-18-11-14(3-8-17(18)25-2)20-19(21)13-9-10-27(22,23)12-13/h3-8,11,13H,9-10,12H2,1-2H3,(H,20,21)/t13-/m1/s1. The van der Waals surface area contributed by atoms with Crippen LogP contribution in [0, 0.1) is 5.92 Å². The zero-order chi connectivity index (χ0) is 19.4. The van der Waals surface area contributed by atoms with Crippen LogP contribution in [0.25, 0.3) is 0 Å². The molecule has 1 heterocycles. The number of nitrogens with one attached hydrogen (secondary N) is 1. The molecule has 1 atom stereocenters. The monoisotopic (exact) mass is 391 g/mol. The minimum absolute atomic E-state index is 0.0551. The first-order chi connectivity index (χ1) is 12.9. The summed E-state index contributed by atoms with van der Waals surface area (Å²) in [6, 6.07) is 12.1. The Morgan fingerprint density at radius 3 is 2.30 bits per heavy atom. The summed E-state index contributed by atoms with van der Waals surface area (Å²) in [5, 5.41) is 2.76. The molecule has 0 bridgehead atoms.